The van der Waals surface area contributed by atoms with Gasteiger partial charge < -0.3 is 5.11 Å². The number of carboxylic acid groups (broad SMARTS) is 1. The number of anilines is 1. The number of aromatic carboxylic acids is 1. The largest absolute Gasteiger partial charge is 0.478 e. The van der Waals surface area contributed by atoms with Crippen molar-refractivity contribution in [2.45, 2.75) is 25.7 Å². The Labute approximate surface area is 190 Å². The highest BCUT2D eigenvalue weighted by Gasteiger charge is 2.26. The van der Waals surface area contributed by atoms with Crippen molar-refractivity contribution in [1.82, 2.24) is 4.98 Å². The highest BCUT2D eigenvalue weighted by atomic mass is 32.2. The number of fused-ring (bicyclic) bond motifs is 1. The zero-order valence-corrected chi connectivity index (χ0v) is 19.5. The van der Waals surface area contributed by atoms with Crippen LogP contribution in [0.4, 0.5) is 5.69 Å². The average Bonchev–Trinajstić information content (AvgIpc) is 3.19. The maximum absolute atomic E-state index is 13.5. The second-order valence-corrected chi connectivity index (χ2v) is 10.3. The number of hydrogen-bond acceptors (Lipinski definition) is 5. The molecule has 0 amide bonds. The molecule has 0 bridgehead atoms. The lowest BCUT2D eigenvalue weighted by Gasteiger charge is -2.23. The van der Waals surface area contributed by atoms with Gasteiger partial charge in [-0.25, -0.2) is 18.2 Å². The van der Waals surface area contributed by atoms with Gasteiger partial charge in [0.15, 0.2) is 0 Å². The van der Waals surface area contributed by atoms with Crippen LogP contribution in [0, 0.1) is 13.8 Å². The van der Waals surface area contributed by atoms with Crippen LogP contribution in [0.2, 0.25) is 0 Å². The Morgan fingerprint density at radius 2 is 1.78 bits per heavy atom. The molecule has 0 radical (unpaired) electrons. The number of sulfonamides is 1. The van der Waals surface area contributed by atoms with Crippen LogP contribution in [-0.2, 0) is 10.0 Å². The summed E-state index contributed by atoms with van der Waals surface area (Å²) in [5.74, 6) is -1.15. The van der Waals surface area contributed by atoms with E-state index in [9.17, 15) is 18.3 Å². The maximum Gasteiger partial charge on any atom is 0.336 e. The molecule has 8 heteroatoms. The first-order valence-electron chi connectivity index (χ1n) is 10.1. The lowest BCUT2D eigenvalue weighted by Crippen LogP contribution is -2.31. The Balaban J connectivity index is 1.78. The van der Waals surface area contributed by atoms with Crippen molar-refractivity contribution in [2.75, 3.05) is 10.8 Å². The van der Waals surface area contributed by atoms with Crippen molar-refractivity contribution in [2.24, 2.45) is 0 Å². The van der Waals surface area contributed by atoms with Crippen molar-refractivity contribution >= 4 is 43.2 Å². The third kappa shape index (κ3) is 3.87. The fourth-order valence-corrected chi connectivity index (χ4v) is 6.12. The molecule has 0 unspecified atom stereocenters. The number of hydrogen-bond donors (Lipinski definition) is 1. The molecule has 0 atom stereocenters. The number of carbonyl (C=O) groups is 1. The summed E-state index contributed by atoms with van der Waals surface area (Å²) in [5, 5.41) is 10.4. The molecule has 0 fully saturated rings. The van der Waals surface area contributed by atoms with Crippen molar-refractivity contribution in [3.8, 4) is 10.6 Å². The molecule has 1 N–H and O–H groups in total. The van der Waals surface area contributed by atoms with Crippen LogP contribution in [0.15, 0.2) is 65.6 Å². The standard InChI is InChI=1S/C24H22N2O4S2/c1-4-26(32(29,30)19-12-15(2)16(3)20(14-19)24(27)28)18-10-11-22-21(13-18)25-23(31-22)17-8-6-5-7-9-17/h5-14H,4H2,1-3H3,(H,27,28). The second-order valence-electron chi connectivity index (χ2n) is 7.42. The van der Waals surface area contributed by atoms with E-state index < -0.39 is 16.0 Å². The summed E-state index contributed by atoms with van der Waals surface area (Å²) < 4.78 is 29.2. The van der Waals surface area contributed by atoms with E-state index in [2.05, 4.69) is 0 Å². The van der Waals surface area contributed by atoms with Crippen molar-refractivity contribution in [3.63, 3.8) is 0 Å². The maximum atomic E-state index is 13.5. The third-order valence-corrected chi connectivity index (χ3v) is 8.39. The SMILES string of the molecule is CCN(c1ccc2sc(-c3ccccc3)nc2c1)S(=O)(=O)c1cc(C)c(C)c(C(=O)O)c1. The monoisotopic (exact) mass is 466 g/mol. The molecule has 6 nitrogen and oxygen atoms in total. The molecule has 164 valence electrons. The fraction of sp³-hybridized carbons (Fsp3) is 0.167. The lowest BCUT2D eigenvalue weighted by molar-refractivity contribution is 0.0695. The van der Waals surface area contributed by atoms with Crippen LogP contribution >= 0.6 is 11.3 Å². The molecule has 1 heterocycles. The van der Waals surface area contributed by atoms with E-state index in [1.54, 1.807) is 44.2 Å². The number of aryl methyl sites for hydroxylation is 1. The number of thiazole rings is 1. The summed E-state index contributed by atoms with van der Waals surface area (Å²) in [6.45, 7) is 5.33. The average molecular weight is 467 g/mol. The van der Waals surface area contributed by atoms with E-state index in [1.165, 1.54) is 16.4 Å². The normalized spacial score (nSPS) is 11.6. The molecule has 4 rings (SSSR count). The Bertz CT molecular complexity index is 1430. The molecule has 32 heavy (non-hydrogen) atoms. The van der Waals surface area contributed by atoms with Gasteiger partial charge in [-0.3, -0.25) is 4.31 Å². The summed E-state index contributed by atoms with van der Waals surface area (Å²) in [6, 6.07) is 18.0. The zero-order valence-electron chi connectivity index (χ0n) is 17.9. The van der Waals surface area contributed by atoms with Gasteiger partial charge in [0.25, 0.3) is 10.0 Å². The first-order valence-corrected chi connectivity index (χ1v) is 12.3. The predicted octanol–water partition coefficient (Wildman–Crippen LogP) is 5.49. The second kappa shape index (κ2) is 8.37. The Kier molecular flexibility index (Phi) is 5.75. The van der Waals surface area contributed by atoms with Crippen LogP contribution in [0.5, 0.6) is 0 Å². The van der Waals surface area contributed by atoms with Gasteiger partial charge in [-0.15, -0.1) is 11.3 Å². The minimum Gasteiger partial charge on any atom is -0.478 e. The van der Waals surface area contributed by atoms with E-state index in [0.29, 0.717) is 22.3 Å². The van der Waals surface area contributed by atoms with Gasteiger partial charge in [0.2, 0.25) is 0 Å². The topological polar surface area (TPSA) is 87.6 Å². The summed E-state index contributed by atoms with van der Waals surface area (Å²) in [5.41, 5.74) is 3.36. The van der Waals surface area contributed by atoms with Crippen LogP contribution in [0.3, 0.4) is 0 Å². The molecule has 3 aromatic carbocycles. The number of nitrogens with zero attached hydrogens (tertiary/aromatic N) is 2. The molecule has 0 saturated heterocycles. The van der Waals surface area contributed by atoms with Crippen LogP contribution in [0.1, 0.15) is 28.4 Å². The van der Waals surface area contributed by atoms with Gasteiger partial charge in [-0.1, -0.05) is 30.3 Å². The molecule has 0 spiro atoms. The van der Waals surface area contributed by atoms with Gasteiger partial charge in [0.1, 0.15) is 5.01 Å². The van der Waals surface area contributed by atoms with Crippen molar-refractivity contribution in [3.05, 3.63) is 77.4 Å². The minimum atomic E-state index is -3.97. The van der Waals surface area contributed by atoms with E-state index in [-0.39, 0.29) is 17.0 Å². The summed E-state index contributed by atoms with van der Waals surface area (Å²) in [6.07, 6.45) is 0. The quantitative estimate of drug-likeness (QED) is 0.406. The Hall–Kier alpha value is -3.23. The number of benzene rings is 3. The highest BCUT2D eigenvalue weighted by molar-refractivity contribution is 7.92. The highest BCUT2D eigenvalue weighted by Crippen LogP contribution is 2.34. The smallest absolute Gasteiger partial charge is 0.336 e. The van der Waals surface area contributed by atoms with Crippen molar-refractivity contribution in [1.29, 1.82) is 0 Å². The molecular weight excluding hydrogens is 444 g/mol. The van der Waals surface area contributed by atoms with E-state index in [4.69, 9.17) is 4.98 Å². The van der Waals surface area contributed by atoms with Crippen LogP contribution < -0.4 is 4.31 Å². The molecule has 0 aliphatic rings. The Morgan fingerprint density at radius 1 is 1.06 bits per heavy atom. The van der Waals surface area contributed by atoms with Crippen LogP contribution in [0.25, 0.3) is 20.8 Å². The fourth-order valence-electron chi connectivity index (χ4n) is 3.59. The van der Waals surface area contributed by atoms with Gasteiger partial charge in [0, 0.05) is 12.1 Å². The molecule has 4 aromatic rings. The lowest BCUT2D eigenvalue weighted by atomic mass is 10.0. The first kappa shape index (κ1) is 22.0. The summed E-state index contributed by atoms with van der Waals surface area (Å²) >= 11 is 1.55. The van der Waals surface area contributed by atoms with Gasteiger partial charge in [0.05, 0.1) is 26.4 Å². The number of rotatable bonds is 6. The molecular formula is C24H22N2O4S2. The zero-order chi connectivity index (χ0) is 23.0. The number of aromatic nitrogens is 1. The first-order chi connectivity index (χ1) is 15.2. The molecule has 0 aliphatic heterocycles. The minimum absolute atomic E-state index is 0.0120. The van der Waals surface area contributed by atoms with E-state index in [1.807, 2.05) is 36.4 Å². The van der Waals surface area contributed by atoms with Crippen molar-refractivity contribution < 1.29 is 18.3 Å². The third-order valence-electron chi connectivity index (χ3n) is 5.43. The van der Waals surface area contributed by atoms with Crippen LogP contribution in [-0.4, -0.2) is 31.0 Å². The summed E-state index contributed by atoms with van der Waals surface area (Å²) in [4.78, 5) is 16.3. The number of carboxylic acids is 1. The predicted molar refractivity (Wildman–Crippen MR) is 128 cm³/mol. The molecule has 0 saturated carbocycles. The van der Waals surface area contributed by atoms with E-state index in [0.717, 1.165) is 15.3 Å². The summed E-state index contributed by atoms with van der Waals surface area (Å²) in [7, 11) is -3.97. The Morgan fingerprint density at radius 3 is 2.44 bits per heavy atom. The van der Waals surface area contributed by atoms with Gasteiger partial charge in [-0.05, 0) is 62.2 Å². The molecule has 1 aromatic heterocycles. The van der Waals surface area contributed by atoms with Gasteiger partial charge in [-0.2, -0.15) is 0 Å². The molecule has 0 aliphatic carbocycles. The van der Waals surface area contributed by atoms with Gasteiger partial charge >= 0.3 is 5.97 Å². The van der Waals surface area contributed by atoms with E-state index >= 15 is 0 Å².